The number of ether oxygens (including phenoxy) is 1. The molecule has 0 atom stereocenters. The highest BCUT2D eigenvalue weighted by atomic mass is 16.5. The number of benzene rings is 1. The Morgan fingerprint density at radius 1 is 1.35 bits per heavy atom. The molecule has 6 heteroatoms. The summed E-state index contributed by atoms with van der Waals surface area (Å²) >= 11 is 0. The van der Waals surface area contributed by atoms with Gasteiger partial charge in [0.1, 0.15) is 5.60 Å². The fourth-order valence-corrected chi connectivity index (χ4v) is 2.09. The lowest BCUT2D eigenvalue weighted by molar-refractivity contribution is -0.0910. The van der Waals surface area contributed by atoms with Gasteiger partial charge >= 0.3 is 12.0 Å². The number of nitrogens with zero attached hydrogens (tertiary/aromatic N) is 1. The zero-order valence-electron chi connectivity index (χ0n) is 11.5. The predicted molar refractivity (Wildman–Crippen MR) is 72.6 cm³/mol. The van der Waals surface area contributed by atoms with Crippen LogP contribution in [0.2, 0.25) is 0 Å². The average Bonchev–Trinajstić information content (AvgIpc) is 2.41. The molecule has 108 valence electrons. The monoisotopic (exact) mass is 278 g/mol. The van der Waals surface area contributed by atoms with Crippen molar-refractivity contribution in [3.63, 3.8) is 0 Å². The second kappa shape index (κ2) is 5.50. The maximum absolute atomic E-state index is 11.8. The number of nitrogens with one attached hydrogen (secondary N) is 1. The number of aromatic carboxylic acids is 1. The van der Waals surface area contributed by atoms with E-state index in [1.807, 2.05) is 6.92 Å². The van der Waals surface area contributed by atoms with Crippen molar-refractivity contribution >= 4 is 12.0 Å². The Kier molecular flexibility index (Phi) is 3.94. The third-order valence-electron chi connectivity index (χ3n) is 3.48. The smallest absolute Gasteiger partial charge is 0.335 e. The van der Waals surface area contributed by atoms with Crippen LogP contribution in [0, 0.1) is 0 Å². The summed E-state index contributed by atoms with van der Waals surface area (Å²) in [4.78, 5) is 24.2. The third kappa shape index (κ3) is 3.08. The number of carbonyl (C=O) groups excluding carboxylic acids is 1. The number of methoxy groups -OCH3 is 1. The van der Waals surface area contributed by atoms with E-state index >= 15 is 0 Å². The van der Waals surface area contributed by atoms with Crippen molar-refractivity contribution in [1.82, 2.24) is 10.2 Å². The number of likely N-dealkylation sites (tertiary alicyclic amines) is 1. The topological polar surface area (TPSA) is 78.9 Å². The van der Waals surface area contributed by atoms with Gasteiger partial charge in [-0.3, -0.25) is 0 Å². The summed E-state index contributed by atoms with van der Waals surface area (Å²) in [7, 11) is 1.64. The van der Waals surface area contributed by atoms with Crippen LogP contribution in [0.4, 0.5) is 4.79 Å². The Morgan fingerprint density at radius 2 is 1.95 bits per heavy atom. The number of carbonyl (C=O) groups is 2. The highest BCUT2D eigenvalue weighted by Crippen LogP contribution is 2.23. The molecule has 0 aromatic heterocycles. The lowest BCUT2D eigenvalue weighted by Crippen LogP contribution is -2.64. The minimum atomic E-state index is -0.958. The number of amides is 2. The lowest BCUT2D eigenvalue weighted by Gasteiger charge is -2.46. The summed E-state index contributed by atoms with van der Waals surface area (Å²) in [5, 5.41) is 11.6. The predicted octanol–water partition coefficient (Wildman–Crippen LogP) is 1.32. The van der Waals surface area contributed by atoms with Crippen molar-refractivity contribution in [3.05, 3.63) is 35.4 Å². The van der Waals surface area contributed by atoms with Gasteiger partial charge < -0.3 is 20.1 Å². The van der Waals surface area contributed by atoms with Gasteiger partial charge in [0.2, 0.25) is 0 Å². The van der Waals surface area contributed by atoms with Crippen LogP contribution in [0.25, 0.3) is 0 Å². The van der Waals surface area contributed by atoms with Gasteiger partial charge in [-0.05, 0) is 24.6 Å². The van der Waals surface area contributed by atoms with Crippen molar-refractivity contribution in [2.45, 2.75) is 19.1 Å². The SMILES string of the molecule is COC1(C)CN(C(=O)NCc2ccc(C(=O)O)cc2)C1. The van der Waals surface area contributed by atoms with Crippen molar-refractivity contribution in [1.29, 1.82) is 0 Å². The third-order valence-corrected chi connectivity index (χ3v) is 3.48. The summed E-state index contributed by atoms with van der Waals surface area (Å²) in [6.07, 6.45) is 0. The van der Waals surface area contributed by atoms with Crippen LogP contribution in [0.5, 0.6) is 0 Å². The summed E-state index contributed by atoms with van der Waals surface area (Å²) < 4.78 is 5.28. The van der Waals surface area contributed by atoms with Crippen LogP contribution in [0.1, 0.15) is 22.8 Å². The lowest BCUT2D eigenvalue weighted by atomic mass is 9.97. The van der Waals surface area contributed by atoms with Gasteiger partial charge in [-0.1, -0.05) is 12.1 Å². The van der Waals surface area contributed by atoms with Crippen LogP contribution in [-0.4, -0.2) is 47.8 Å². The quantitative estimate of drug-likeness (QED) is 0.870. The van der Waals surface area contributed by atoms with E-state index in [4.69, 9.17) is 9.84 Å². The van der Waals surface area contributed by atoms with E-state index in [0.29, 0.717) is 19.6 Å². The number of hydrogen-bond acceptors (Lipinski definition) is 3. The minimum absolute atomic E-state index is 0.137. The molecular weight excluding hydrogens is 260 g/mol. The summed E-state index contributed by atoms with van der Waals surface area (Å²) in [6.45, 7) is 3.49. The first-order valence-electron chi connectivity index (χ1n) is 6.34. The molecule has 0 unspecified atom stereocenters. The normalized spacial score (nSPS) is 16.4. The molecule has 6 nitrogen and oxygen atoms in total. The Morgan fingerprint density at radius 3 is 2.45 bits per heavy atom. The van der Waals surface area contributed by atoms with E-state index in [-0.39, 0.29) is 17.2 Å². The van der Waals surface area contributed by atoms with E-state index in [0.717, 1.165) is 5.56 Å². The van der Waals surface area contributed by atoms with E-state index in [9.17, 15) is 9.59 Å². The van der Waals surface area contributed by atoms with Crippen LogP contribution >= 0.6 is 0 Å². The Labute approximate surface area is 117 Å². The van der Waals surface area contributed by atoms with Gasteiger partial charge in [-0.15, -0.1) is 0 Å². The molecule has 2 N–H and O–H groups in total. The summed E-state index contributed by atoms with van der Waals surface area (Å²) in [6, 6.07) is 6.30. The van der Waals surface area contributed by atoms with E-state index in [1.165, 1.54) is 12.1 Å². The number of urea groups is 1. The number of rotatable bonds is 4. The zero-order valence-corrected chi connectivity index (χ0v) is 11.5. The number of carboxylic acids is 1. The first-order valence-corrected chi connectivity index (χ1v) is 6.34. The molecule has 1 aliphatic rings. The van der Waals surface area contributed by atoms with E-state index < -0.39 is 5.97 Å². The van der Waals surface area contributed by atoms with Crippen LogP contribution in [0.3, 0.4) is 0 Å². The largest absolute Gasteiger partial charge is 0.478 e. The van der Waals surface area contributed by atoms with Gasteiger partial charge in [0.25, 0.3) is 0 Å². The Hall–Kier alpha value is -2.08. The molecular formula is C14H18N2O4. The summed E-state index contributed by atoms with van der Waals surface area (Å²) in [5.41, 5.74) is 0.859. The van der Waals surface area contributed by atoms with Crippen LogP contribution in [0.15, 0.2) is 24.3 Å². The minimum Gasteiger partial charge on any atom is -0.478 e. The molecule has 2 rings (SSSR count). The fourth-order valence-electron chi connectivity index (χ4n) is 2.09. The number of hydrogen-bond donors (Lipinski definition) is 2. The average molecular weight is 278 g/mol. The van der Waals surface area contributed by atoms with Crippen LogP contribution in [-0.2, 0) is 11.3 Å². The molecule has 1 heterocycles. The highest BCUT2D eigenvalue weighted by molar-refractivity contribution is 5.87. The molecule has 0 spiro atoms. The maximum atomic E-state index is 11.8. The maximum Gasteiger partial charge on any atom is 0.335 e. The fraction of sp³-hybridized carbons (Fsp3) is 0.429. The van der Waals surface area contributed by atoms with Crippen molar-refractivity contribution in [3.8, 4) is 0 Å². The summed E-state index contributed by atoms with van der Waals surface area (Å²) in [5.74, 6) is -0.958. The molecule has 1 aromatic rings. The molecule has 1 fully saturated rings. The zero-order chi connectivity index (χ0) is 14.8. The second-order valence-corrected chi connectivity index (χ2v) is 5.17. The van der Waals surface area contributed by atoms with E-state index in [2.05, 4.69) is 5.32 Å². The number of carboxylic acid groups (broad SMARTS) is 1. The van der Waals surface area contributed by atoms with Crippen molar-refractivity contribution in [2.24, 2.45) is 0 Å². The molecule has 0 aliphatic carbocycles. The van der Waals surface area contributed by atoms with Gasteiger partial charge in [-0.2, -0.15) is 0 Å². The highest BCUT2D eigenvalue weighted by Gasteiger charge is 2.41. The standard InChI is InChI=1S/C14H18N2O4/c1-14(20-2)8-16(9-14)13(19)15-7-10-3-5-11(6-4-10)12(17)18/h3-6H,7-9H2,1-2H3,(H,15,19)(H,17,18). The van der Waals surface area contributed by atoms with Crippen molar-refractivity contribution in [2.75, 3.05) is 20.2 Å². The van der Waals surface area contributed by atoms with Gasteiger partial charge in [0.05, 0.1) is 18.7 Å². The molecule has 20 heavy (non-hydrogen) atoms. The van der Waals surface area contributed by atoms with Crippen LogP contribution < -0.4 is 5.32 Å². The van der Waals surface area contributed by atoms with E-state index in [1.54, 1.807) is 24.1 Å². The Bertz CT molecular complexity index is 506. The first-order chi connectivity index (χ1) is 9.43. The molecule has 1 aliphatic heterocycles. The van der Waals surface area contributed by atoms with Gasteiger partial charge in [0.15, 0.2) is 0 Å². The molecule has 0 bridgehead atoms. The van der Waals surface area contributed by atoms with Gasteiger partial charge in [0, 0.05) is 13.7 Å². The molecule has 1 saturated heterocycles. The van der Waals surface area contributed by atoms with Gasteiger partial charge in [-0.25, -0.2) is 9.59 Å². The van der Waals surface area contributed by atoms with Crippen molar-refractivity contribution < 1.29 is 19.4 Å². The Balaban J connectivity index is 1.81. The first kappa shape index (κ1) is 14.3. The second-order valence-electron chi connectivity index (χ2n) is 5.17. The molecule has 0 radical (unpaired) electrons. The molecule has 2 amide bonds. The molecule has 1 aromatic carbocycles. The molecule has 0 saturated carbocycles.